The van der Waals surface area contributed by atoms with Gasteiger partial charge < -0.3 is 36.4 Å². The van der Waals surface area contributed by atoms with Crippen molar-refractivity contribution in [3.05, 3.63) is 0 Å². The van der Waals surface area contributed by atoms with Gasteiger partial charge in [-0.05, 0) is 47.8 Å². The van der Waals surface area contributed by atoms with E-state index in [1.165, 1.54) is 4.90 Å². The van der Waals surface area contributed by atoms with E-state index in [9.17, 15) is 29.1 Å². The van der Waals surface area contributed by atoms with Crippen LogP contribution >= 0.6 is 0 Å². The second-order valence-corrected chi connectivity index (χ2v) is 14.5. The number of ketones is 1. The number of primary amides is 1. The number of amides is 5. The summed E-state index contributed by atoms with van der Waals surface area (Å²) in [5.41, 5.74) is 3.70. The van der Waals surface area contributed by atoms with Crippen molar-refractivity contribution >= 4 is 29.5 Å². The van der Waals surface area contributed by atoms with Crippen molar-refractivity contribution in [2.24, 2.45) is 34.3 Å². The van der Waals surface area contributed by atoms with Crippen LogP contribution in [0.15, 0.2) is 0 Å². The first-order valence-electron chi connectivity index (χ1n) is 15.0. The Labute approximate surface area is 250 Å². The van der Waals surface area contributed by atoms with Crippen molar-refractivity contribution in [3.8, 4) is 0 Å². The van der Waals surface area contributed by atoms with Gasteiger partial charge in [0, 0.05) is 6.54 Å². The van der Waals surface area contributed by atoms with Gasteiger partial charge in [0.2, 0.25) is 17.6 Å². The van der Waals surface area contributed by atoms with Crippen LogP contribution in [-0.4, -0.2) is 83.2 Å². The molecule has 0 aromatic heterocycles. The van der Waals surface area contributed by atoms with E-state index >= 15 is 0 Å². The van der Waals surface area contributed by atoms with Gasteiger partial charge in [0.25, 0.3) is 5.91 Å². The van der Waals surface area contributed by atoms with E-state index in [1.54, 1.807) is 0 Å². The third-order valence-electron chi connectivity index (χ3n) is 8.55. The maximum atomic E-state index is 14.0. The number of nitrogens with two attached hydrogens (primary N) is 1. The predicted molar refractivity (Wildman–Crippen MR) is 158 cm³/mol. The number of carbonyl (C=O) groups excluding carboxylic acids is 5. The molecule has 1 heterocycles. The van der Waals surface area contributed by atoms with Gasteiger partial charge in [0.05, 0.1) is 18.7 Å². The van der Waals surface area contributed by atoms with E-state index in [-0.39, 0.29) is 17.9 Å². The molecule has 0 aromatic rings. The van der Waals surface area contributed by atoms with E-state index in [0.717, 1.165) is 19.3 Å². The van der Waals surface area contributed by atoms with Gasteiger partial charge in [0.15, 0.2) is 6.29 Å². The molecular formula is C30H53N5O7. The van der Waals surface area contributed by atoms with E-state index in [4.69, 9.17) is 10.5 Å². The molecule has 6 N–H and O–H groups in total. The number of aliphatic hydroxyl groups excluding tert-OH is 1. The van der Waals surface area contributed by atoms with Crippen molar-refractivity contribution in [2.75, 3.05) is 13.1 Å². The smallest absolute Gasteiger partial charge is 0.315 e. The van der Waals surface area contributed by atoms with Gasteiger partial charge in [-0.3, -0.25) is 19.2 Å². The average Bonchev–Trinajstić information content (AvgIpc) is 3.49. The number of hydrogen-bond acceptors (Lipinski definition) is 7. The summed E-state index contributed by atoms with van der Waals surface area (Å²) < 4.78 is 5.98. The minimum atomic E-state index is -1.24. The second-order valence-electron chi connectivity index (χ2n) is 14.5. The number of carbonyl (C=O) groups is 5. The molecule has 2 aliphatic rings. The molecule has 1 aliphatic heterocycles. The molecular weight excluding hydrogens is 542 g/mol. The van der Waals surface area contributed by atoms with E-state index in [1.807, 2.05) is 55.4 Å². The zero-order chi connectivity index (χ0) is 32.2. The maximum Gasteiger partial charge on any atom is 0.315 e. The summed E-state index contributed by atoms with van der Waals surface area (Å²) in [5, 5.41) is 19.1. The zero-order valence-electron chi connectivity index (χ0n) is 26.8. The molecule has 0 aromatic carbocycles. The summed E-state index contributed by atoms with van der Waals surface area (Å²) in [5.74, 6) is -2.59. The molecule has 12 nitrogen and oxygen atoms in total. The highest BCUT2D eigenvalue weighted by Gasteiger charge is 2.46. The van der Waals surface area contributed by atoms with Crippen LogP contribution in [0.4, 0.5) is 4.79 Å². The Morgan fingerprint density at radius 1 is 1.00 bits per heavy atom. The van der Waals surface area contributed by atoms with Crippen LogP contribution < -0.4 is 21.7 Å². The molecule has 42 heavy (non-hydrogen) atoms. The zero-order valence-corrected chi connectivity index (χ0v) is 26.8. The quantitative estimate of drug-likeness (QED) is 0.178. The molecule has 7 atom stereocenters. The number of Topliss-reactive ketones (excluding diaryl/α,β-unsaturated/α-hetero) is 1. The van der Waals surface area contributed by atoms with Crippen molar-refractivity contribution in [1.82, 2.24) is 20.9 Å². The topological polar surface area (TPSA) is 180 Å². The van der Waals surface area contributed by atoms with Gasteiger partial charge in [0.1, 0.15) is 12.1 Å². The van der Waals surface area contributed by atoms with Gasteiger partial charge in [-0.2, -0.15) is 0 Å². The summed E-state index contributed by atoms with van der Waals surface area (Å²) in [7, 11) is 0. The summed E-state index contributed by atoms with van der Waals surface area (Å²) in [6.45, 7) is 16.9. The molecule has 1 saturated carbocycles. The molecule has 1 unspecified atom stereocenters. The Kier molecular flexibility index (Phi) is 12.0. The number of aliphatic hydroxyl groups is 1. The number of nitrogens with zero attached hydrogens (tertiary/aromatic N) is 1. The third-order valence-corrected chi connectivity index (χ3v) is 8.55. The summed E-state index contributed by atoms with van der Waals surface area (Å²) >= 11 is 0. The van der Waals surface area contributed by atoms with Crippen LogP contribution in [0, 0.1) is 28.6 Å². The van der Waals surface area contributed by atoms with E-state index < -0.39 is 71.3 Å². The van der Waals surface area contributed by atoms with Crippen LogP contribution in [0.2, 0.25) is 0 Å². The number of nitrogens with one attached hydrogen (secondary N) is 3. The van der Waals surface area contributed by atoms with Crippen LogP contribution in [0.1, 0.15) is 88.0 Å². The number of likely N-dealkylation sites (tertiary alicyclic amines) is 1. The fraction of sp³-hybridized carbons (Fsp3) is 0.833. The molecule has 2 fully saturated rings. The first kappa shape index (κ1) is 35.5. The minimum Gasteiger partial charge on any atom is -0.366 e. The fourth-order valence-corrected chi connectivity index (χ4v) is 5.63. The molecule has 1 saturated heterocycles. The van der Waals surface area contributed by atoms with Crippen LogP contribution in [0.25, 0.3) is 0 Å². The lowest BCUT2D eigenvalue weighted by molar-refractivity contribution is -0.172. The number of ether oxygens (including phenoxy) is 1. The molecule has 5 amide bonds. The molecule has 0 spiro atoms. The molecule has 12 heteroatoms. The highest BCUT2D eigenvalue weighted by atomic mass is 16.6. The largest absolute Gasteiger partial charge is 0.366 e. The average molecular weight is 596 g/mol. The Morgan fingerprint density at radius 2 is 1.62 bits per heavy atom. The van der Waals surface area contributed by atoms with Crippen molar-refractivity contribution < 1.29 is 33.8 Å². The summed E-state index contributed by atoms with van der Waals surface area (Å²) in [6, 6.07) is -3.30. The maximum absolute atomic E-state index is 14.0. The normalized spacial score (nSPS) is 25.1. The first-order valence-corrected chi connectivity index (χ1v) is 15.0. The number of rotatable bonds is 11. The van der Waals surface area contributed by atoms with Crippen LogP contribution in [0.5, 0.6) is 0 Å². The van der Waals surface area contributed by atoms with Gasteiger partial charge in [-0.1, -0.05) is 68.7 Å². The van der Waals surface area contributed by atoms with Crippen LogP contribution in [0.3, 0.4) is 0 Å². The summed E-state index contributed by atoms with van der Waals surface area (Å²) in [4.78, 5) is 64.8. The standard InChI is InChI=1S/C30H53N5O7/c1-16(2)18-13-19(25(38)32-14-20(36)24(31)37)35(15-18)26(39)22(29(4,5)6)33-28(41)34-23(30(7,8)9)27(40)42-21-12-10-11-17(21)3/h16-19,21-23,27,40H,10-15H2,1-9H3,(H2,31,37)(H,32,38)(H2,33,34,41)/t17-,18-,19+,21+,22-,23-,27?/m1/s1. The Bertz CT molecular complexity index is 1000. The molecule has 0 radical (unpaired) electrons. The highest BCUT2D eigenvalue weighted by Crippen LogP contribution is 2.33. The Hall–Kier alpha value is -2.73. The molecule has 240 valence electrons. The Balaban J connectivity index is 2.23. The predicted octanol–water partition coefficient (Wildman–Crippen LogP) is 1.68. The fourth-order valence-electron chi connectivity index (χ4n) is 5.63. The molecule has 1 aliphatic carbocycles. The highest BCUT2D eigenvalue weighted by molar-refractivity contribution is 6.36. The lowest BCUT2D eigenvalue weighted by atomic mass is 9.85. The monoisotopic (exact) mass is 595 g/mol. The lowest BCUT2D eigenvalue weighted by Crippen LogP contribution is -2.62. The molecule has 2 rings (SSSR count). The Morgan fingerprint density at radius 3 is 2.10 bits per heavy atom. The van der Waals surface area contributed by atoms with E-state index in [2.05, 4.69) is 22.9 Å². The van der Waals surface area contributed by atoms with Crippen LogP contribution in [-0.2, 0) is 23.9 Å². The second kappa shape index (κ2) is 14.2. The lowest BCUT2D eigenvalue weighted by Gasteiger charge is -2.38. The van der Waals surface area contributed by atoms with Gasteiger partial charge in [-0.15, -0.1) is 0 Å². The third kappa shape index (κ3) is 9.39. The number of hydrogen-bond donors (Lipinski definition) is 5. The van der Waals surface area contributed by atoms with Crippen molar-refractivity contribution in [2.45, 2.75) is 119 Å². The molecule has 0 bridgehead atoms. The van der Waals surface area contributed by atoms with Gasteiger partial charge >= 0.3 is 6.03 Å². The number of urea groups is 1. The SMILES string of the molecule is CC(C)[C@@H]1C[C@@H](C(=O)NCC(=O)C(N)=O)N(C(=O)[C@@H](NC(=O)N[C@H](C(O)O[C@H]2CCC[C@H]2C)C(C)(C)C)C(C)(C)C)C1. The minimum absolute atomic E-state index is 0.0153. The van der Waals surface area contributed by atoms with Crippen molar-refractivity contribution in [1.29, 1.82) is 0 Å². The van der Waals surface area contributed by atoms with Crippen molar-refractivity contribution in [3.63, 3.8) is 0 Å². The van der Waals surface area contributed by atoms with E-state index in [0.29, 0.717) is 18.9 Å². The summed E-state index contributed by atoms with van der Waals surface area (Å²) in [6.07, 6.45) is 1.93. The first-order chi connectivity index (χ1) is 19.2. The van der Waals surface area contributed by atoms with Gasteiger partial charge in [-0.25, -0.2) is 4.79 Å².